The van der Waals surface area contributed by atoms with Crippen molar-refractivity contribution >= 4 is 5.91 Å². The molecule has 1 aliphatic heterocycles. The fraction of sp³-hybridized carbons (Fsp3) is 0.462. The number of phenols is 1. The summed E-state index contributed by atoms with van der Waals surface area (Å²) < 4.78 is 0. The topological polar surface area (TPSA) is 66.6 Å². The van der Waals surface area contributed by atoms with Crippen LogP contribution in [-0.2, 0) is 4.79 Å². The SMILES string of the molecule is NC(=O)C(c1cccc(O)c1)N1CCCCC1. The number of nitrogens with two attached hydrogens (primary N) is 1. The van der Waals surface area contributed by atoms with Crippen molar-refractivity contribution in [2.24, 2.45) is 5.73 Å². The lowest BCUT2D eigenvalue weighted by atomic mass is 10.0. The van der Waals surface area contributed by atoms with Crippen LogP contribution in [0.5, 0.6) is 5.75 Å². The summed E-state index contributed by atoms with van der Waals surface area (Å²) in [7, 11) is 0. The van der Waals surface area contributed by atoms with E-state index >= 15 is 0 Å². The number of phenolic OH excluding ortho intramolecular Hbond substituents is 1. The first-order valence-electron chi connectivity index (χ1n) is 6.01. The zero-order valence-corrected chi connectivity index (χ0v) is 9.80. The lowest BCUT2D eigenvalue weighted by molar-refractivity contribution is -0.123. The van der Waals surface area contributed by atoms with Gasteiger partial charge in [0.05, 0.1) is 0 Å². The Kier molecular flexibility index (Phi) is 3.64. The van der Waals surface area contributed by atoms with Crippen LogP contribution in [0.4, 0.5) is 0 Å². The molecule has 1 fully saturated rings. The largest absolute Gasteiger partial charge is 0.508 e. The second-order valence-electron chi connectivity index (χ2n) is 4.50. The maximum Gasteiger partial charge on any atom is 0.239 e. The van der Waals surface area contributed by atoms with Crippen molar-refractivity contribution in [1.29, 1.82) is 0 Å². The van der Waals surface area contributed by atoms with Gasteiger partial charge in [-0.1, -0.05) is 18.6 Å². The summed E-state index contributed by atoms with van der Waals surface area (Å²) in [6.45, 7) is 1.78. The van der Waals surface area contributed by atoms with Crippen LogP contribution in [-0.4, -0.2) is 29.0 Å². The number of hydrogen-bond acceptors (Lipinski definition) is 3. The number of aromatic hydroxyl groups is 1. The molecular formula is C13H18N2O2. The van der Waals surface area contributed by atoms with Crippen molar-refractivity contribution in [1.82, 2.24) is 4.90 Å². The number of carbonyl (C=O) groups is 1. The molecule has 1 heterocycles. The van der Waals surface area contributed by atoms with Crippen molar-refractivity contribution < 1.29 is 9.90 Å². The highest BCUT2D eigenvalue weighted by Gasteiger charge is 2.26. The minimum Gasteiger partial charge on any atom is -0.508 e. The Balaban J connectivity index is 2.25. The number of hydrogen-bond donors (Lipinski definition) is 2. The van der Waals surface area contributed by atoms with Crippen LogP contribution < -0.4 is 5.73 Å². The van der Waals surface area contributed by atoms with Gasteiger partial charge in [0.1, 0.15) is 11.8 Å². The third kappa shape index (κ3) is 2.77. The quantitative estimate of drug-likeness (QED) is 0.830. The molecule has 17 heavy (non-hydrogen) atoms. The number of nitrogens with zero attached hydrogens (tertiary/aromatic N) is 1. The van der Waals surface area contributed by atoms with Gasteiger partial charge in [0, 0.05) is 0 Å². The molecule has 1 aliphatic rings. The first-order valence-corrected chi connectivity index (χ1v) is 6.01. The maximum atomic E-state index is 11.6. The molecular weight excluding hydrogens is 216 g/mol. The Labute approximate surface area is 101 Å². The predicted molar refractivity (Wildman–Crippen MR) is 65.5 cm³/mol. The zero-order chi connectivity index (χ0) is 12.3. The number of carbonyl (C=O) groups excluding carboxylic acids is 1. The number of primary amides is 1. The molecule has 1 aromatic rings. The lowest BCUT2D eigenvalue weighted by Crippen LogP contribution is -2.40. The van der Waals surface area contributed by atoms with Crippen LogP contribution in [0.2, 0.25) is 0 Å². The average Bonchev–Trinajstić information content (AvgIpc) is 2.30. The molecule has 0 aromatic heterocycles. The highest BCUT2D eigenvalue weighted by molar-refractivity contribution is 5.81. The van der Waals surface area contributed by atoms with E-state index in [-0.39, 0.29) is 11.7 Å². The molecule has 0 bridgehead atoms. The molecule has 92 valence electrons. The van der Waals surface area contributed by atoms with Gasteiger partial charge in [0.25, 0.3) is 0 Å². The molecule has 0 radical (unpaired) electrons. The lowest BCUT2D eigenvalue weighted by Gasteiger charge is -2.32. The van der Waals surface area contributed by atoms with Crippen molar-refractivity contribution in [3.8, 4) is 5.75 Å². The van der Waals surface area contributed by atoms with Gasteiger partial charge in [-0.15, -0.1) is 0 Å². The van der Waals surface area contributed by atoms with Gasteiger partial charge in [-0.25, -0.2) is 0 Å². The van der Waals surface area contributed by atoms with E-state index in [4.69, 9.17) is 5.73 Å². The number of likely N-dealkylation sites (tertiary alicyclic amines) is 1. The second kappa shape index (κ2) is 5.19. The van der Waals surface area contributed by atoms with E-state index in [2.05, 4.69) is 4.90 Å². The third-order valence-corrected chi connectivity index (χ3v) is 3.21. The number of piperidine rings is 1. The molecule has 1 amide bonds. The molecule has 3 N–H and O–H groups in total. The van der Waals surface area contributed by atoms with Gasteiger partial charge in [-0.2, -0.15) is 0 Å². The van der Waals surface area contributed by atoms with E-state index < -0.39 is 6.04 Å². The van der Waals surface area contributed by atoms with Crippen molar-refractivity contribution in [3.63, 3.8) is 0 Å². The second-order valence-corrected chi connectivity index (χ2v) is 4.50. The van der Waals surface area contributed by atoms with Crippen LogP contribution in [0.1, 0.15) is 30.9 Å². The van der Waals surface area contributed by atoms with E-state index in [1.165, 1.54) is 6.42 Å². The average molecular weight is 234 g/mol. The summed E-state index contributed by atoms with van der Waals surface area (Å²) in [6.07, 6.45) is 3.41. The first kappa shape index (κ1) is 11.9. The third-order valence-electron chi connectivity index (χ3n) is 3.21. The minimum atomic E-state index is -0.414. The van der Waals surface area contributed by atoms with Crippen molar-refractivity contribution in [2.45, 2.75) is 25.3 Å². The minimum absolute atomic E-state index is 0.172. The normalized spacial score (nSPS) is 18.8. The Morgan fingerprint density at radius 2 is 2.00 bits per heavy atom. The summed E-state index contributed by atoms with van der Waals surface area (Å²) >= 11 is 0. The molecule has 1 unspecified atom stereocenters. The van der Waals surface area contributed by atoms with Gasteiger partial charge in [0.2, 0.25) is 5.91 Å². The van der Waals surface area contributed by atoms with Crippen LogP contribution >= 0.6 is 0 Å². The van der Waals surface area contributed by atoms with E-state index in [0.29, 0.717) is 0 Å². The molecule has 4 heteroatoms. The molecule has 1 aromatic carbocycles. The summed E-state index contributed by atoms with van der Waals surface area (Å²) in [5, 5.41) is 9.47. The van der Waals surface area contributed by atoms with Gasteiger partial charge >= 0.3 is 0 Å². The fourth-order valence-electron chi connectivity index (χ4n) is 2.43. The Morgan fingerprint density at radius 3 is 2.59 bits per heavy atom. The molecule has 0 saturated carbocycles. The highest BCUT2D eigenvalue weighted by atomic mass is 16.3. The van der Waals surface area contributed by atoms with Crippen molar-refractivity contribution in [2.75, 3.05) is 13.1 Å². The molecule has 0 spiro atoms. The molecule has 2 rings (SSSR count). The summed E-state index contributed by atoms with van der Waals surface area (Å²) in [5.41, 5.74) is 6.26. The van der Waals surface area contributed by atoms with Gasteiger partial charge in [-0.05, 0) is 43.6 Å². The van der Waals surface area contributed by atoms with Gasteiger partial charge in [-0.3, -0.25) is 9.69 Å². The smallest absolute Gasteiger partial charge is 0.239 e. The van der Waals surface area contributed by atoms with E-state index in [9.17, 15) is 9.90 Å². The predicted octanol–water partition coefficient (Wildman–Crippen LogP) is 1.40. The van der Waals surface area contributed by atoms with Gasteiger partial charge in [0.15, 0.2) is 0 Å². The summed E-state index contributed by atoms with van der Waals surface area (Å²) in [5.74, 6) is -0.178. The van der Waals surface area contributed by atoms with Crippen LogP contribution in [0, 0.1) is 0 Å². The molecule has 1 saturated heterocycles. The first-order chi connectivity index (χ1) is 8.18. The highest BCUT2D eigenvalue weighted by Crippen LogP contribution is 2.26. The number of rotatable bonds is 3. The van der Waals surface area contributed by atoms with Crippen molar-refractivity contribution in [3.05, 3.63) is 29.8 Å². The molecule has 4 nitrogen and oxygen atoms in total. The van der Waals surface area contributed by atoms with E-state index in [1.54, 1.807) is 18.2 Å². The maximum absolute atomic E-state index is 11.6. The van der Waals surface area contributed by atoms with Crippen LogP contribution in [0.25, 0.3) is 0 Å². The Bertz CT molecular complexity index is 400. The van der Waals surface area contributed by atoms with Gasteiger partial charge < -0.3 is 10.8 Å². The van der Waals surface area contributed by atoms with E-state index in [0.717, 1.165) is 31.5 Å². The standard InChI is InChI=1S/C13H18N2O2/c14-13(17)12(15-7-2-1-3-8-15)10-5-4-6-11(16)9-10/h4-6,9,12,16H,1-3,7-8H2,(H2,14,17). The summed E-state index contributed by atoms with van der Waals surface area (Å²) in [4.78, 5) is 13.7. The summed E-state index contributed by atoms with van der Waals surface area (Å²) in [6, 6.07) is 6.37. The van der Waals surface area contributed by atoms with Crippen LogP contribution in [0.3, 0.4) is 0 Å². The van der Waals surface area contributed by atoms with E-state index in [1.807, 2.05) is 6.07 Å². The molecule has 1 atom stereocenters. The fourth-order valence-corrected chi connectivity index (χ4v) is 2.43. The Morgan fingerprint density at radius 1 is 1.29 bits per heavy atom. The number of benzene rings is 1. The Hall–Kier alpha value is -1.55. The monoisotopic (exact) mass is 234 g/mol. The van der Waals surface area contributed by atoms with Crippen LogP contribution in [0.15, 0.2) is 24.3 Å². The number of amides is 1. The zero-order valence-electron chi connectivity index (χ0n) is 9.80. The molecule has 0 aliphatic carbocycles.